The van der Waals surface area contributed by atoms with Gasteiger partial charge in [0.25, 0.3) is 0 Å². The van der Waals surface area contributed by atoms with E-state index in [9.17, 15) is 9.59 Å². The molecule has 0 saturated carbocycles. The zero-order valence-electron chi connectivity index (χ0n) is 16.4. The Morgan fingerprint density at radius 1 is 1.19 bits per heavy atom. The molecule has 140 valence electrons. The maximum Gasteiger partial charge on any atom is 0.322 e. The van der Waals surface area contributed by atoms with Gasteiger partial charge < -0.3 is 9.30 Å². The van der Waals surface area contributed by atoms with E-state index in [-0.39, 0.29) is 12.4 Å². The number of aromatic nitrogens is 1. The van der Waals surface area contributed by atoms with Crippen LogP contribution in [0.15, 0.2) is 41.0 Å². The first-order valence-electron chi connectivity index (χ1n) is 9.07. The topological polar surface area (TPSA) is 60.7 Å². The molecule has 0 N–H and O–H groups in total. The number of benzene rings is 1. The van der Waals surface area contributed by atoms with Crippen LogP contribution in [0.5, 0.6) is 0 Å². The molecule has 0 amide bonds. The second kappa shape index (κ2) is 7.35. The highest BCUT2D eigenvalue weighted by Crippen LogP contribution is 2.27. The molecule has 0 spiro atoms. The van der Waals surface area contributed by atoms with Crippen molar-refractivity contribution in [3.05, 3.63) is 58.5 Å². The van der Waals surface area contributed by atoms with Crippen molar-refractivity contribution in [2.24, 2.45) is 10.9 Å². The van der Waals surface area contributed by atoms with Crippen molar-refractivity contribution in [1.82, 2.24) is 4.57 Å². The summed E-state index contributed by atoms with van der Waals surface area (Å²) in [6.45, 7) is 9.75. The van der Waals surface area contributed by atoms with E-state index in [1.54, 1.807) is 19.9 Å². The summed E-state index contributed by atoms with van der Waals surface area (Å²) in [5, 5.41) is 0. The van der Waals surface area contributed by atoms with Crippen LogP contribution in [0.3, 0.4) is 0 Å². The summed E-state index contributed by atoms with van der Waals surface area (Å²) >= 11 is 0. The van der Waals surface area contributed by atoms with E-state index in [1.165, 1.54) is 5.56 Å². The largest absolute Gasteiger partial charge is 0.465 e. The fraction of sp³-hybridized carbons (Fsp3) is 0.318. The van der Waals surface area contributed by atoms with Crippen molar-refractivity contribution in [3.8, 4) is 5.69 Å². The van der Waals surface area contributed by atoms with Crippen molar-refractivity contribution in [3.63, 3.8) is 0 Å². The fourth-order valence-electron chi connectivity index (χ4n) is 3.43. The Hall–Kier alpha value is -2.95. The molecule has 1 aliphatic rings. The SMILES string of the molecule is CCOC(=O)C1C(=O)/C(=C/c2cc(C)n(-c3ccc(C)cc3)c2C)N=C1C. The van der Waals surface area contributed by atoms with E-state index in [2.05, 4.69) is 40.7 Å². The zero-order valence-corrected chi connectivity index (χ0v) is 16.4. The van der Waals surface area contributed by atoms with Crippen LogP contribution in [0.1, 0.15) is 36.4 Å². The third-order valence-electron chi connectivity index (χ3n) is 4.81. The average molecular weight is 364 g/mol. The van der Waals surface area contributed by atoms with Gasteiger partial charge in [0.05, 0.1) is 6.61 Å². The van der Waals surface area contributed by atoms with E-state index in [4.69, 9.17) is 4.74 Å². The molecule has 3 rings (SSSR count). The number of esters is 1. The van der Waals surface area contributed by atoms with Crippen LogP contribution in [0.25, 0.3) is 11.8 Å². The molecule has 1 atom stereocenters. The Morgan fingerprint density at radius 3 is 2.48 bits per heavy atom. The summed E-state index contributed by atoms with van der Waals surface area (Å²) in [6.07, 6.45) is 1.76. The number of hydrogen-bond donors (Lipinski definition) is 0. The first-order valence-corrected chi connectivity index (χ1v) is 9.07. The van der Waals surface area contributed by atoms with Crippen LogP contribution in [0, 0.1) is 26.7 Å². The monoisotopic (exact) mass is 364 g/mol. The second-order valence-corrected chi connectivity index (χ2v) is 6.83. The molecule has 1 aromatic carbocycles. The molecule has 1 unspecified atom stereocenters. The first-order chi connectivity index (χ1) is 12.8. The molecule has 0 fully saturated rings. The van der Waals surface area contributed by atoms with Crippen LogP contribution in [-0.2, 0) is 14.3 Å². The Labute approximate surface area is 159 Å². The minimum Gasteiger partial charge on any atom is -0.465 e. The molecule has 5 heteroatoms. The number of allylic oxidation sites excluding steroid dienone is 1. The summed E-state index contributed by atoms with van der Waals surface area (Å²) in [5.41, 5.74) is 6.06. The third kappa shape index (κ3) is 3.50. The summed E-state index contributed by atoms with van der Waals surface area (Å²) in [6, 6.07) is 10.3. The Kier molecular flexibility index (Phi) is 5.13. The first kappa shape index (κ1) is 18.8. The summed E-state index contributed by atoms with van der Waals surface area (Å²) < 4.78 is 7.15. The molecule has 0 radical (unpaired) electrons. The molecular weight excluding hydrogens is 340 g/mol. The summed E-state index contributed by atoms with van der Waals surface area (Å²) in [4.78, 5) is 29.0. The van der Waals surface area contributed by atoms with Crippen LogP contribution in [-0.4, -0.2) is 28.6 Å². The van der Waals surface area contributed by atoms with E-state index >= 15 is 0 Å². The van der Waals surface area contributed by atoms with Gasteiger partial charge in [0, 0.05) is 22.8 Å². The minimum atomic E-state index is -0.920. The second-order valence-electron chi connectivity index (χ2n) is 6.83. The standard InChI is InChI=1S/C22H24N2O3/c1-6-27-22(26)20-15(4)23-19(21(20)25)12-17-11-14(3)24(16(17)5)18-9-7-13(2)8-10-18/h7-12,20H,6H2,1-5H3/b19-12-. The van der Waals surface area contributed by atoms with Crippen molar-refractivity contribution in [2.75, 3.05) is 6.61 Å². The zero-order chi connectivity index (χ0) is 19.7. The highest BCUT2D eigenvalue weighted by atomic mass is 16.5. The molecule has 1 aromatic heterocycles. The predicted molar refractivity (Wildman–Crippen MR) is 106 cm³/mol. The molecule has 5 nitrogen and oxygen atoms in total. The van der Waals surface area contributed by atoms with Gasteiger partial charge in [0.1, 0.15) is 5.70 Å². The molecule has 27 heavy (non-hydrogen) atoms. The lowest BCUT2D eigenvalue weighted by atomic mass is 10.0. The van der Waals surface area contributed by atoms with Gasteiger partial charge in [-0.1, -0.05) is 17.7 Å². The quantitative estimate of drug-likeness (QED) is 0.469. The van der Waals surface area contributed by atoms with Crippen molar-refractivity contribution in [2.45, 2.75) is 34.6 Å². The average Bonchev–Trinajstić information content (AvgIpc) is 3.05. The van der Waals surface area contributed by atoms with Gasteiger partial charge in [-0.25, -0.2) is 0 Å². The number of Topliss-reactive ketones (excluding diaryl/α,β-unsaturated/α-hetero) is 1. The minimum absolute atomic E-state index is 0.243. The van der Waals surface area contributed by atoms with Crippen molar-refractivity contribution in [1.29, 1.82) is 0 Å². The van der Waals surface area contributed by atoms with Crippen molar-refractivity contribution >= 4 is 23.5 Å². The number of ether oxygens (including phenoxy) is 1. The van der Waals surface area contributed by atoms with Gasteiger partial charge in [0.2, 0.25) is 5.78 Å². The van der Waals surface area contributed by atoms with Gasteiger partial charge in [0.15, 0.2) is 5.92 Å². The van der Waals surface area contributed by atoms with Crippen LogP contribution >= 0.6 is 0 Å². The number of hydrogen-bond acceptors (Lipinski definition) is 4. The van der Waals surface area contributed by atoms with Crippen molar-refractivity contribution < 1.29 is 14.3 Å². The Morgan fingerprint density at radius 2 is 1.85 bits per heavy atom. The number of carbonyl (C=O) groups is 2. The van der Waals surface area contributed by atoms with Crippen LogP contribution in [0.2, 0.25) is 0 Å². The highest BCUT2D eigenvalue weighted by Gasteiger charge is 2.38. The summed E-state index contributed by atoms with van der Waals surface area (Å²) in [5.74, 6) is -1.75. The van der Waals surface area contributed by atoms with E-state index in [0.717, 1.165) is 22.6 Å². The lowest BCUT2D eigenvalue weighted by Gasteiger charge is -2.10. The highest BCUT2D eigenvalue weighted by molar-refractivity contribution is 6.28. The summed E-state index contributed by atoms with van der Waals surface area (Å²) in [7, 11) is 0. The Balaban J connectivity index is 1.97. The van der Waals surface area contributed by atoms with Gasteiger partial charge in [-0.15, -0.1) is 0 Å². The fourth-order valence-corrected chi connectivity index (χ4v) is 3.43. The smallest absolute Gasteiger partial charge is 0.322 e. The number of aliphatic imine (C=N–C) groups is 1. The normalized spacial score (nSPS) is 18.1. The molecular formula is C22H24N2O3. The molecule has 0 saturated heterocycles. The van der Waals surface area contributed by atoms with E-state index in [0.29, 0.717) is 11.4 Å². The molecule has 2 heterocycles. The number of carbonyl (C=O) groups excluding carboxylic acids is 2. The van der Waals surface area contributed by atoms with E-state index < -0.39 is 11.9 Å². The van der Waals surface area contributed by atoms with E-state index in [1.807, 2.05) is 19.9 Å². The number of nitrogens with zero attached hydrogens (tertiary/aromatic N) is 2. The Bertz CT molecular complexity index is 962. The lowest BCUT2D eigenvalue weighted by molar-refractivity contribution is -0.147. The lowest BCUT2D eigenvalue weighted by Crippen LogP contribution is -2.28. The molecule has 0 aliphatic carbocycles. The molecule has 0 bridgehead atoms. The number of ketones is 1. The number of aryl methyl sites for hydroxylation is 2. The van der Waals surface area contributed by atoms with Crippen LogP contribution in [0.4, 0.5) is 0 Å². The van der Waals surface area contributed by atoms with Gasteiger partial charge >= 0.3 is 5.97 Å². The maximum atomic E-state index is 12.7. The predicted octanol–water partition coefficient (Wildman–Crippen LogP) is 3.97. The van der Waals surface area contributed by atoms with Gasteiger partial charge in [-0.2, -0.15) is 0 Å². The van der Waals surface area contributed by atoms with Gasteiger partial charge in [-0.05, 0) is 64.5 Å². The third-order valence-corrected chi connectivity index (χ3v) is 4.81. The number of rotatable bonds is 4. The molecule has 2 aromatic rings. The van der Waals surface area contributed by atoms with Gasteiger partial charge in [-0.3, -0.25) is 14.6 Å². The maximum absolute atomic E-state index is 12.7. The molecule has 1 aliphatic heterocycles. The van der Waals surface area contributed by atoms with Crippen LogP contribution < -0.4 is 0 Å².